The molecule has 0 atom stereocenters. The molecule has 0 saturated carbocycles. The topological polar surface area (TPSA) is 92.5 Å². The number of nitrogen functional groups attached to an aromatic ring is 1. The van der Waals surface area contributed by atoms with Gasteiger partial charge in [0.25, 0.3) is 0 Å². The van der Waals surface area contributed by atoms with E-state index in [1.54, 1.807) is 11.8 Å². The van der Waals surface area contributed by atoms with Crippen LogP contribution in [0.25, 0.3) is 0 Å². The molecule has 118 valence electrons. The minimum Gasteiger partial charge on any atom is -0.398 e. The minimum atomic E-state index is -3.83. The summed E-state index contributed by atoms with van der Waals surface area (Å²) in [4.78, 5) is 13.3. The fourth-order valence-corrected chi connectivity index (χ4v) is 3.08. The van der Waals surface area contributed by atoms with Gasteiger partial charge in [0.15, 0.2) is 0 Å². The van der Waals surface area contributed by atoms with E-state index in [0.29, 0.717) is 18.7 Å². The quantitative estimate of drug-likeness (QED) is 0.769. The highest BCUT2D eigenvalue weighted by atomic mass is 35.5. The fraction of sp³-hybridized carbons (Fsp3) is 0.462. The molecule has 1 rings (SSSR count). The van der Waals surface area contributed by atoms with Gasteiger partial charge in [0.05, 0.1) is 11.4 Å². The highest BCUT2D eigenvalue weighted by molar-refractivity contribution is 7.89. The molecule has 8 heteroatoms. The van der Waals surface area contributed by atoms with Gasteiger partial charge in [-0.25, -0.2) is 13.1 Å². The van der Waals surface area contributed by atoms with E-state index < -0.39 is 10.0 Å². The third kappa shape index (κ3) is 4.33. The van der Waals surface area contributed by atoms with Crippen LogP contribution < -0.4 is 10.5 Å². The summed E-state index contributed by atoms with van der Waals surface area (Å²) in [7, 11) is -3.83. The van der Waals surface area contributed by atoms with Crippen molar-refractivity contribution in [3.63, 3.8) is 0 Å². The molecule has 0 aromatic heterocycles. The molecule has 6 nitrogen and oxygen atoms in total. The molecule has 0 aliphatic heterocycles. The van der Waals surface area contributed by atoms with E-state index in [4.69, 9.17) is 17.3 Å². The van der Waals surface area contributed by atoms with E-state index in [9.17, 15) is 13.2 Å². The van der Waals surface area contributed by atoms with Crippen LogP contribution in [0.3, 0.4) is 0 Å². The van der Waals surface area contributed by atoms with Crippen molar-refractivity contribution >= 4 is 33.2 Å². The van der Waals surface area contributed by atoms with Crippen molar-refractivity contribution in [2.24, 2.45) is 0 Å². The van der Waals surface area contributed by atoms with Crippen molar-refractivity contribution in [1.82, 2.24) is 9.62 Å². The summed E-state index contributed by atoms with van der Waals surface area (Å²) in [5, 5.41) is 0.269. The molecule has 0 bridgehead atoms. The normalized spacial score (nSPS) is 11.4. The number of anilines is 1. The SMILES string of the molecule is CCN(CC)C(=O)CNS(=O)(=O)c1cc(N)c(C)c(Cl)c1. The first kappa shape index (κ1) is 17.7. The second-order valence-corrected chi connectivity index (χ2v) is 6.68. The lowest BCUT2D eigenvalue weighted by Gasteiger charge is -2.18. The Kier molecular flexibility index (Phi) is 6.00. The summed E-state index contributed by atoms with van der Waals surface area (Å²) < 4.78 is 26.6. The van der Waals surface area contributed by atoms with Crippen LogP contribution in [0.2, 0.25) is 5.02 Å². The third-order valence-electron chi connectivity index (χ3n) is 3.20. The predicted octanol–water partition coefficient (Wildman–Crippen LogP) is 1.38. The number of nitrogens with zero attached hydrogens (tertiary/aromatic N) is 1. The molecule has 1 aromatic carbocycles. The lowest BCUT2D eigenvalue weighted by molar-refractivity contribution is -0.129. The number of nitrogens with one attached hydrogen (secondary N) is 1. The van der Waals surface area contributed by atoms with Crippen molar-refractivity contribution in [2.45, 2.75) is 25.7 Å². The van der Waals surface area contributed by atoms with Crippen LogP contribution in [0.4, 0.5) is 5.69 Å². The number of carbonyl (C=O) groups is 1. The molecule has 0 saturated heterocycles. The smallest absolute Gasteiger partial charge is 0.241 e. The van der Waals surface area contributed by atoms with E-state index in [1.807, 2.05) is 13.8 Å². The van der Waals surface area contributed by atoms with Gasteiger partial charge in [0, 0.05) is 23.8 Å². The van der Waals surface area contributed by atoms with Crippen LogP contribution in [-0.4, -0.2) is 38.9 Å². The van der Waals surface area contributed by atoms with Crippen molar-refractivity contribution in [2.75, 3.05) is 25.4 Å². The molecule has 0 spiro atoms. The van der Waals surface area contributed by atoms with Gasteiger partial charge in [-0.3, -0.25) is 4.79 Å². The fourth-order valence-electron chi connectivity index (χ4n) is 1.76. The molecule has 1 amide bonds. The van der Waals surface area contributed by atoms with Crippen LogP contribution in [0.1, 0.15) is 19.4 Å². The second kappa shape index (κ2) is 7.11. The molecule has 0 aliphatic carbocycles. The summed E-state index contributed by atoms with van der Waals surface area (Å²) in [5.74, 6) is -0.283. The van der Waals surface area contributed by atoms with Crippen LogP contribution in [0.5, 0.6) is 0 Å². The first-order chi connectivity index (χ1) is 9.72. The standard InChI is InChI=1S/C13H20ClN3O3S/c1-4-17(5-2)13(18)8-16-21(19,20)10-6-11(14)9(3)12(15)7-10/h6-7,16H,4-5,8,15H2,1-3H3. The zero-order chi connectivity index (χ0) is 16.2. The molecule has 0 heterocycles. The van der Waals surface area contributed by atoms with Gasteiger partial charge >= 0.3 is 0 Å². The second-order valence-electron chi connectivity index (χ2n) is 4.51. The Morgan fingerprint density at radius 3 is 2.38 bits per heavy atom. The summed E-state index contributed by atoms with van der Waals surface area (Å²) in [6, 6.07) is 2.64. The number of amides is 1. The maximum atomic E-state index is 12.2. The lowest BCUT2D eigenvalue weighted by atomic mass is 10.2. The molecular weight excluding hydrogens is 314 g/mol. The zero-order valence-electron chi connectivity index (χ0n) is 12.3. The van der Waals surface area contributed by atoms with E-state index >= 15 is 0 Å². The number of hydrogen-bond donors (Lipinski definition) is 2. The van der Waals surface area contributed by atoms with Gasteiger partial charge in [-0.1, -0.05) is 11.6 Å². The molecular formula is C13H20ClN3O3S. The predicted molar refractivity (Wildman–Crippen MR) is 83.7 cm³/mol. The Morgan fingerprint density at radius 2 is 1.90 bits per heavy atom. The van der Waals surface area contributed by atoms with Crippen molar-refractivity contribution < 1.29 is 13.2 Å². The zero-order valence-corrected chi connectivity index (χ0v) is 13.9. The lowest BCUT2D eigenvalue weighted by Crippen LogP contribution is -2.39. The van der Waals surface area contributed by atoms with Crippen molar-refractivity contribution in [1.29, 1.82) is 0 Å². The largest absolute Gasteiger partial charge is 0.398 e. The van der Waals surface area contributed by atoms with E-state index in [-0.39, 0.29) is 28.1 Å². The Morgan fingerprint density at radius 1 is 1.33 bits per heavy atom. The van der Waals surface area contributed by atoms with E-state index in [0.717, 1.165) is 0 Å². The van der Waals surface area contributed by atoms with Crippen molar-refractivity contribution in [3.05, 3.63) is 22.7 Å². The number of rotatable bonds is 6. The average Bonchev–Trinajstić information content (AvgIpc) is 2.43. The highest BCUT2D eigenvalue weighted by Gasteiger charge is 2.19. The number of carbonyl (C=O) groups excluding carboxylic acids is 1. The summed E-state index contributed by atoms with van der Waals surface area (Å²) in [6.45, 7) is 6.12. The summed E-state index contributed by atoms with van der Waals surface area (Å²) in [6.07, 6.45) is 0. The van der Waals surface area contributed by atoms with Gasteiger partial charge in [-0.05, 0) is 38.5 Å². The van der Waals surface area contributed by atoms with Gasteiger partial charge in [-0.15, -0.1) is 0 Å². The molecule has 21 heavy (non-hydrogen) atoms. The Balaban J connectivity index is 2.90. The molecule has 0 aliphatic rings. The first-order valence-corrected chi connectivity index (χ1v) is 8.42. The van der Waals surface area contributed by atoms with Crippen LogP contribution >= 0.6 is 11.6 Å². The maximum Gasteiger partial charge on any atom is 0.241 e. The van der Waals surface area contributed by atoms with Gasteiger partial charge in [0.1, 0.15) is 0 Å². The Bertz CT molecular complexity index is 605. The maximum absolute atomic E-state index is 12.2. The highest BCUT2D eigenvalue weighted by Crippen LogP contribution is 2.25. The molecule has 3 N–H and O–H groups in total. The molecule has 0 radical (unpaired) electrons. The summed E-state index contributed by atoms with van der Waals surface area (Å²) in [5.41, 5.74) is 6.62. The van der Waals surface area contributed by atoms with Crippen LogP contribution in [-0.2, 0) is 14.8 Å². The van der Waals surface area contributed by atoms with Crippen LogP contribution in [0.15, 0.2) is 17.0 Å². The first-order valence-electron chi connectivity index (χ1n) is 6.56. The van der Waals surface area contributed by atoms with E-state index in [1.165, 1.54) is 12.1 Å². The van der Waals surface area contributed by atoms with Crippen LogP contribution in [0, 0.1) is 6.92 Å². The van der Waals surface area contributed by atoms with Crippen molar-refractivity contribution in [3.8, 4) is 0 Å². The Hall–Kier alpha value is -1.31. The number of sulfonamides is 1. The number of hydrogen-bond acceptors (Lipinski definition) is 4. The van der Waals surface area contributed by atoms with Gasteiger partial charge in [-0.2, -0.15) is 0 Å². The molecule has 0 fully saturated rings. The molecule has 1 aromatic rings. The Labute approximate surface area is 130 Å². The number of likely N-dealkylation sites (N-methyl/N-ethyl adjacent to an activating group) is 1. The number of nitrogens with two attached hydrogens (primary N) is 1. The average molecular weight is 334 g/mol. The summed E-state index contributed by atoms with van der Waals surface area (Å²) >= 11 is 5.94. The minimum absolute atomic E-state index is 0.0528. The number of halogens is 1. The monoisotopic (exact) mass is 333 g/mol. The van der Waals surface area contributed by atoms with Gasteiger partial charge in [0.2, 0.25) is 15.9 Å². The third-order valence-corrected chi connectivity index (χ3v) is 4.97. The molecule has 0 unspecified atom stereocenters. The van der Waals surface area contributed by atoms with E-state index in [2.05, 4.69) is 4.72 Å². The van der Waals surface area contributed by atoms with Gasteiger partial charge < -0.3 is 10.6 Å². The number of benzene rings is 1.